The van der Waals surface area contributed by atoms with Crippen LogP contribution in [-0.4, -0.2) is 56.9 Å². The van der Waals surface area contributed by atoms with Gasteiger partial charge >= 0.3 is 5.97 Å². The van der Waals surface area contributed by atoms with Crippen LogP contribution in [0.4, 0.5) is 0 Å². The fourth-order valence-electron chi connectivity index (χ4n) is 2.06. The number of ether oxygens (including phenoxy) is 2. The second-order valence-corrected chi connectivity index (χ2v) is 5.66. The molecule has 1 aliphatic rings. The van der Waals surface area contributed by atoms with Gasteiger partial charge in [-0.05, 0) is 31.3 Å². The highest BCUT2D eigenvalue weighted by atomic mass is 16.6. The Morgan fingerprint density at radius 1 is 1.56 bits per heavy atom. The van der Waals surface area contributed by atoms with Crippen molar-refractivity contribution in [1.29, 1.82) is 0 Å². The van der Waals surface area contributed by atoms with E-state index >= 15 is 0 Å². The number of methoxy groups -OCH3 is 1. The molecule has 0 amide bonds. The van der Waals surface area contributed by atoms with E-state index in [9.17, 15) is 4.79 Å². The molecule has 0 aromatic rings. The first kappa shape index (κ1) is 15.4. The minimum Gasteiger partial charge on any atom is -0.467 e. The predicted octanol–water partition coefficient (Wildman–Crippen LogP) is 0.625. The Morgan fingerprint density at radius 2 is 2.28 bits per heavy atom. The molecule has 5 heteroatoms. The van der Waals surface area contributed by atoms with Crippen LogP contribution in [0, 0.1) is 5.41 Å². The molecule has 1 fully saturated rings. The molecule has 1 saturated heterocycles. The van der Waals surface area contributed by atoms with Crippen LogP contribution in [0.15, 0.2) is 0 Å². The van der Waals surface area contributed by atoms with Crippen molar-refractivity contribution < 1.29 is 14.3 Å². The molecule has 0 saturated carbocycles. The van der Waals surface area contributed by atoms with Crippen molar-refractivity contribution in [2.75, 3.05) is 39.9 Å². The Labute approximate surface area is 110 Å². The molecule has 0 aromatic carbocycles. The average molecular weight is 258 g/mol. The zero-order valence-electron chi connectivity index (χ0n) is 11.8. The highest BCUT2D eigenvalue weighted by Crippen LogP contribution is 2.20. The van der Waals surface area contributed by atoms with E-state index in [0.717, 1.165) is 25.9 Å². The zero-order valence-corrected chi connectivity index (χ0v) is 11.8. The number of nitrogens with two attached hydrogens (primary N) is 1. The third-order valence-corrected chi connectivity index (χ3v) is 3.50. The Hall–Kier alpha value is -0.650. The van der Waals surface area contributed by atoms with Crippen molar-refractivity contribution in [3.63, 3.8) is 0 Å². The maximum Gasteiger partial charge on any atom is 0.336 e. The van der Waals surface area contributed by atoms with Gasteiger partial charge in [0.25, 0.3) is 0 Å². The number of nitrogens with zero attached hydrogens (tertiary/aromatic N) is 1. The Kier molecular flexibility index (Phi) is 6.05. The van der Waals surface area contributed by atoms with Crippen LogP contribution in [0.5, 0.6) is 0 Å². The number of hydrogen-bond acceptors (Lipinski definition) is 5. The molecule has 0 aliphatic carbocycles. The lowest BCUT2D eigenvalue weighted by molar-refractivity contribution is -0.159. The quantitative estimate of drug-likeness (QED) is 0.708. The van der Waals surface area contributed by atoms with E-state index in [0.29, 0.717) is 19.7 Å². The van der Waals surface area contributed by atoms with E-state index in [-0.39, 0.29) is 11.4 Å². The molecular weight excluding hydrogens is 232 g/mol. The Bertz CT molecular complexity index is 269. The summed E-state index contributed by atoms with van der Waals surface area (Å²) in [5.41, 5.74) is 5.91. The molecular formula is C13H26N2O3. The molecule has 1 rings (SSSR count). The van der Waals surface area contributed by atoms with Crippen molar-refractivity contribution in [1.82, 2.24) is 4.90 Å². The molecule has 0 aromatic heterocycles. The van der Waals surface area contributed by atoms with Gasteiger partial charge in [0.15, 0.2) is 6.10 Å². The molecule has 1 aliphatic heterocycles. The number of carbonyl (C=O) groups excluding carboxylic acids is 1. The van der Waals surface area contributed by atoms with Crippen molar-refractivity contribution in [3.8, 4) is 0 Å². The smallest absolute Gasteiger partial charge is 0.336 e. The first-order valence-electron chi connectivity index (χ1n) is 6.60. The molecule has 5 nitrogen and oxygen atoms in total. The van der Waals surface area contributed by atoms with Crippen LogP contribution in [0.3, 0.4) is 0 Å². The highest BCUT2D eigenvalue weighted by molar-refractivity contribution is 5.74. The molecule has 0 radical (unpaired) electrons. The van der Waals surface area contributed by atoms with Crippen molar-refractivity contribution in [3.05, 3.63) is 0 Å². The molecule has 18 heavy (non-hydrogen) atoms. The predicted molar refractivity (Wildman–Crippen MR) is 70.3 cm³/mol. The van der Waals surface area contributed by atoms with Gasteiger partial charge in [-0.1, -0.05) is 13.8 Å². The fourth-order valence-corrected chi connectivity index (χ4v) is 2.06. The number of morpholine rings is 1. The van der Waals surface area contributed by atoms with Gasteiger partial charge in [-0.15, -0.1) is 0 Å². The standard InChI is InChI=1S/C13H26N2O3/c1-13(2,10-14)5-4-6-15-7-8-18-11(9-15)12(16)17-3/h11H,4-10,14H2,1-3H3. The van der Waals surface area contributed by atoms with Gasteiger partial charge in [-0.3, -0.25) is 4.90 Å². The van der Waals surface area contributed by atoms with Gasteiger partial charge in [0, 0.05) is 13.1 Å². The summed E-state index contributed by atoms with van der Waals surface area (Å²) in [5.74, 6) is -0.276. The Balaban J connectivity index is 2.28. The van der Waals surface area contributed by atoms with E-state index in [1.165, 1.54) is 7.11 Å². The van der Waals surface area contributed by atoms with E-state index in [4.69, 9.17) is 15.2 Å². The van der Waals surface area contributed by atoms with E-state index < -0.39 is 6.10 Å². The topological polar surface area (TPSA) is 64.8 Å². The monoisotopic (exact) mass is 258 g/mol. The largest absolute Gasteiger partial charge is 0.467 e. The first-order valence-corrected chi connectivity index (χ1v) is 6.60. The summed E-state index contributed by atoms with van der Waals surface area (Å²) >= 11 is 0. The van der Waals surface area contributed by atoms with Crippen molar-refractivity contribution in [2.45, 2.75) is 32.8 Å². The molecule has 1 heterocycles. The lowest BCUT2D eigenvalue weighted by Gasteiger charge is -2.32. The van der Waals surface area contributed by atoms with E-state index in [1.54, 1.807) is 0 Å². The fraction of sp³-hybridized carbons (Fsp3) is 0.923. The highest BCUT2D eigenvalue weighted by Gasteiger charge is 2.27. The summed E-state index contributed by atoms with van der Waals surface area (Å²) in [7, 11) is 1.40. The number of carbonyl (C=O) groups is 1. The summed E-state index contributed by atoms with van der Waals surface area (Å²) in [5, 5.41) is 0. The SMILES string of the molecule is COC(=O)C1CN(CCCC(C)(C)CN)CCO1. The third kappa shape index (κ3) is 4.92. The van der Waals surface area contributed by atoms with Crippen molar-refractivity contribution >= 4 is 5.97 Å². The normalized spacial score (nSPS) is 21.9. The van der Waals surface area contributed by atoms with Crippen LogP contribution in [0.1, 0.15) is 26.7 Å². The molecule has 0 bridgehead atoms. The summed E-state index contributed by atoms with van der Waals surface area (Å²) in [6.07, 6.45) is 1.77. The molecule has 1 unspecified atom stereocenters. The van der Waals surface area contributed by atoms with Crippen LogP contribution in [-0.2, 0) is 14.3 Å². The lowest BCUT2D eigenvalue weighted by Crippen LogP contribution is -2.46. The van der Waals surface area contributed by atoms with Crippen LogP contribution in [0.25, 0.3) is 0 Å². The zero-order chi connectivity index (χ0) is 13.6. The van der Waals surface area contributed by atoms with Gasteiger partial charge in [-0.25, -0.2) is 4.79 Å². The van der Waals surface area contributed by atoms with Gasteiger partial charge in [0.05, 0.1) is 13.7 Å². The average Bonchev–Trinajstić information content (AvgIpc) is 2.38. The second-order valence-electron chi connectivity index (χ2n) is 5.66. The van der Waals surface area contributed by atoms with Crippen molar-refractivity contribution in [2.24, 2.45) is 11.1 Å². The number of esters is 1. The molecule has 1 atom stereocenters. The molecule has 106 valence electrons. The van der Waals surface area contributed by atoms with Gasteiger partial charge in [-0.2, -0.15) is 0 Å². The van der Waals surface area contributed by atoms with Gasteiger partial charge in [0.1, 0.15) is 0 Å². The first-order chi connectivity index (χ1) is 8.48. The van der Waals surface area contributed by atoms with E-state index in [2.05, 4.69) is 18.7 Å². The van der Waals surface area contributed by atoms with Crippen LogP contribution >= 0.6 is 0 Å². The number of rotatable bonds is 6. The maximum atomic E-state index is 11.4. The number of hydrogen-bond donors (Lipinski definition) is 1. The van der Waals surface area contributed by atoms with Gasteiger partial charge < -0.3 is 15.2 Å². The van der Waals surface area contributed by atoms with Crippen LogP contribution < -0.4 is 5.73 Å². The second kappa shape index (κ2) is 7.07. The molecule has 2 N–H and O–H groups in total. The summed E-state index contributed by atoms with van der Waals surface area (Å²) < 4.78 is 10.1. The maximum absolute atomic E-state index is 11.4. The molecule has 0 spiro atoms. The third-order valence-electron chi connectivity index (χ3n) is 3.50. The summed E-state index contributed by atoms with van der Waals surface area (Å²) in [6, 6.07) is 0. The van der Waals surface area contributed by atoms with E-state index in [1.807, 2.05) is 0 Å². The Morgan fingerprint density at radius 3 is 2.89 bits per heavy atom. The minimum atomic E-state index is -0.425. The summed E-state index contributed by atoms with van der Waals surface area (Å²) in [4.78, 5) is 13.7. The van der Waals surface area contributed by atoms with Gasteiger partial charge in [0.2, 0.25) is 0 Å². The summed E-state index contributed by atoms with van der Waals surface area (Å²) in [6.45, 7) is 8.18. The van der Waals surface area contributed by atoms with Crippen LogP contribution in [0.2, 0.25) is 0 Å². The minimum absolute atomic E-state index is 0.202. The lowest BCUT2D eigenvalue weighted by atomic mass is 9.88.